The van der Waals surface area contributed by atoms with E-state index in [1.165, 1.54) is 12.7 Å². The number of hydrazone groups is 1. The molecule has 0 saturated heterocycles. The van der Waals surface area contributed by atoms with Crippen molar-refractivity contribution in [3.8, 4) is 0 Å². The van der Waals surface area contributed by atoms with Crippen molar-refractivity contribution >= 4 is 34.7 Å². The van der Waals surface area contributed by atoms with Gasteiger partial charge in [0, 0.05) is 3.57 Å². The van der Waals surface area contributed by atoms with Gasteiger partial charge in [-0.15, -0.1) is 0 Å². The zero-order valence-corrected chi connectivity index (χ0v) is 10.8. The topological polar surface area (TPSA) is 67.5 Å². The van der Waals surface area contributed by atoms with Crippen molar-refractivity contribution in [1.29, 1.82) is 0 Å². The summed E-state index contributed by atoms with van der Waals surface area (Å²) < 4.78 is 5.83. The fraction of sp³-hybridized carbons (Fsp3) is 0. The highest BCUT2D eigenvalue weighted by atomic mass is 127. The molecule has 1 aromatic carbocycles. The lowest BCUT2D eigenvalue weighted by Gasteiger charge is -1.95. The molecule has 0 bridgehead atoms. The summed E-state index contributed by atoms with van der Waals surface area (Å²) in [6.07, 6.45) is 4.02. The number of aromatic nitrogens is 1. The summed E-state index contributed by atoms with van der Waals surface area (Å²) in [5, 5.41) is 3.82. The standard InChI is InChI=1S/C11H8IN3O2/c12-9-3-1-8(2-4-9)5-14-15-11(16)10-6-17-7-13-10/h1-7H,(H,15,16)/b14-5+. The van der Waals surface area contributed by atoms with E-state index in [2.05, 4.69) is 42.5 Å². The van der Waals surface area contributed by atoms with Crippen LogP contribution in [0.4, 0.5) is 0 Å². The highest BCUT2D eigenvalue weighted by Crippen LogP contribution is 2.04. The van der Waals surface area contributed by atoms with Gasteiger partial charge in [0.05, 0.1) is 6.21 Å². The molecule has 86 valence electrons. The maximum Gasteiger partial charge on any atom is 0.293 e. The van der Waals surface area contributed by atoms with Gasteiger partial charge in [-0.2, -0.15) is 5.10 Å². The van der Waals surface area contributed by atoms with Crippen LogP contribution < -0.4 is 5.43 Å². The highest BCUT2D eigenvalue weighted by Gasteiger charge is 2.05. The van der Waals surface area contributed by atoms with Crippen molar-refractivity contribution in [1.82, 2.24) is 10.4 Å². The van der Waals surface area contributed by atoms with Gasteiger partial charge in [-0.3, -0.25) is 4.79 Å². The van der Waals surface area contributed by atoms with Crippen molar-refractivity contribution in [3.63, 3.8) is 0 Å². The van der Waals surface area contributed by atoms with E-state index < -0.39 is 5.91 Å². The lowest BCUT2D eigenvalue weighted by atomic mass is 10.2. The molecule has 0 radical (unpaired) electrons. The first-order valence-electron chi connectivity index (χ1n) is 4.73. The molecular formula is C11H8IN3O2. The molecule has 2 aromatic rings. The second-order valence-corrected chi connectivity index (χ2v) is 4.37. The Bertz CT molecular complexity index is 520. The van der Waals surface area contributed by atoms with Crippen LogP contribution in [0.1, 0.15) is 16.1 Å². The minimum atomic E-state index is -0.402. The molecule has 1 N–H and O–H groups in total. The number of rotatable bonds is 3. The van der Waals surface area contributed by atoms with E-state index in [9.17, 15) is 4.79 Å². The average molecular weight is 341 g/mol. The third kappa shape index (κ3) is 3.38. The summed E-state index contributed by atoms with van der Waals surface area (Å²) in [7, 11) is 0. The van der Waals surface area contributed by atoms with Gasteiger partial charge in [-0.1, -0.05) is 12.1 Å². The van der Waals surface area contributed by atoms with Crippen LogP contribution in [0, 0.1) is 3.57 Å². The van der Waals surface area contributed by atoms with Gasteiger partial charge in [-0.25, -0.2) is 10.4 Å². The molecular weight excluding hydrogens is 333 g/mol. The van der Waals surface area contributed by atoms with Crippen LogP contribution in [0.3, 0.4) is 0 Å². The Morgan fingerprint density at radius 2 is 2.18 bits per heavy atom. The van der Waals surface area contributed by atoms with Gasteiger partial charge in [0.15, 0.2) is 12.1 Å². The lowest BCUT2D eigenvalue weighted by Crippen LogP contribution is -2.17. The van der Waals surface area contributed by atoms with Gasteiger partial charge in [0.1, 0.15) is 6.26 Å². The predicted octanol–water partition coefficient (Wildman–Crippen LogP) is 2.04. The summed E-state index contributed by atoms with van der Waals surface area (Å²) in [5.74, 6) is -0.402. The van der Waals surface area contributed by atoms with Crippen LogP contribution in [-0.4, -0.2) is 17.1 Å². The maximum absolute atomic E-state index is 11.4. The van der Waals surface area contributed by atoms with E-state index in [0.717, 1.165) is 9.13 Å². The predicted molar refractivity (Wildman–Crippen MR) is 70.7 cm³/mol. The van der Waals surface area contributed by atoms with Gasteiger partial charge < -0.3 is 4.42 Å². The number of carbonyl (C=O) groups is 1. The molecule has 0 aliphatic heterocycles. The number of oxazole rings is 1. The summed E-state index contributed by atoms with van der Waals surface area (Å²) in [6, 6.07) is 7.74. The molecule has 0 atom stereocenters. The first kappa shape index (κ1) is 11.8. The second-order valence-electron chi connectivity index (χ2n) is 3.12. The van der Waals surface area contributed by atoms with Gasteiger partial charge in [0.25, 0.3) is 5.91 Å². The fourth-order valence-electron chi connectivity index (χ4n) is 1.10. The highest BCUT2D eigenvalue weighted by molar-refractivity contribution is 14.1. The minimum absolute atomic E-state index is 0.199. The minimum Gasteiger partial charge on any atom is -0.451 e. The van der Waals surface area contributed by atoms with Gasteiger partial charge in [0.2, 0.25) is 0 Å². The molecule has 17 heavy (non-hydrogen) atoms. The number of amides is 1. The van der Waals surface area contributed by atoms with Crippen molar-refractivity contribution in [2.75, 3.05) is 0 Å². The van der Waals surface area contributed by atoms with Crippen LogP contribution in [0.25, 0.3) is 0 Å². The van der Waals surface area contributed by atoms with Crippen LogP contribution >= 0.6 is 22.6 Å². The number of hydrogen-bond acceptors (Lipinski definition) is 4. The van der Waals surface area contributed by atoms with Crippen molar-refractivity contribution < 1.29 is 9.21 Å². The van der Waals surface area contributed by atoms with Crippen LogP contribution in [0.2, 0.25) is 0 Å². The Morgan fingerprint density at radius 3 is 2.82 bits per heavy atom. The van der Waals surface area contributed by atoms with Crippen LogP contribution in [-0.2, 0) is 0 Å². The van der Waals surface area contributed by atoms with Crippen molar-refractivity contribution in [2.24, 2.45) is 5.10 Å². The number of benzene rings is 1. The molecule has 0 unspecified atom stereocenters. The third-order valence-electron chi connectivity index (χ3n) is 1.91. The second kappa shape index (κ2) is 5.58. The largest absolute Gasteiger partial charge is 0.451 e. The van der Waals surface area contributed by atoms with E-state index in [1.807, 2.05) is 24.3 Å². The Morgan fingerprint density at radius 1 is 1.41 bits per heavy atom. The lowest BCUT2D eigenvalue weighted by molar-refractivity contribution is 0.0950. The Kier molecular flexibility index (Phi) is 3.86. The maximum atomic E-state index is 11.4. The summed E-state index contributed by atoms with van der Waals surface area (Å²) in [5.41, 5.74) is 3.46. The smallest absolute Gasteiger partial charge is 0.293 e. The van der Waals surface area contributed by atoms with Crippen LogP contribution in [0.5, 0.6) is 0 Å². The monoisotopic (exact) mass is 341 g/mol. The normalized spacial score (nSPS) is 10.6. The van der Waals surface area contributed by atoms with Crippen molar-refractivity contribution in [2.45, 2.75) is 0 Å². The number of nitrogens with one attached hydrogen (secondary N) is 1. The molecule has 6 heteroatoms. The third-order valence-corrected chi connectivity index (χ3v) is 2.63. The van der Waals surface area contributed by atoms with Gasteiger partial charge >= 0.3 is 0 Å². The first-order valence-corrected chi connectivity index (χ1v) is 5.81. The number of nitrogens with zero attached hydrogens (tertiary/aromatic N) is 2. The molecule has 0 aliphatic rings. The Labute approximate surface area is 111 Å². The molecule has 0 saturated carbocycles. The van der Waals surface area contributed by atoms with E-state index in [1.54, 1.807) is 6.21 Å². The van der Waals surface area contributed by atoms with E-state index >= 15 is 0 Å². The average Bonchev–Trinajstić information content (AvgIpc) is 2.85. The van der Waals surface area contributed by atoms with Crippen LogP contribution in [0.15, 0.2) is 46.4 Å². The zero-order valence-electron chi connectivity index (χ0n) is 8.63. The molecule has 0 aliphatic carbocycles. The quantitative estimate of drug-likeness (QED) is 0.528. The number of carbonyl (C=O) groups excluding carboxylic acids is 1. The summed E-state index contributed by atoms with van der Waals surface area (Å²) in [6.45, 7) is 0. The van der Waals surface area contributed by atoms with Crippen molar-refractivity contribution in [3.05, 3.63) is 51.7 Å². The first-order chi connectivity index (χ1) is 8.25. The summed E-state index contributed by atoms with van der Waals surface area (Å²) >= 11 is 2.22. The molecule has 0 fully saturated rings. The molecule has 5 nitrogen and oxygen atoms in total. The molecule has 1 heterocycles. The Hall–Kier alpha value is -1.70. The molecule has 2 rings (SSSR count). The number of hydrogen-bond donors (Lipinski definition) is 1. The van der Waals surface area contributed by atoms with E-state index in [4.69, 9.17) is 0 Å². The SMILES string of the molecule is O=C(N/N=C/c1ccc(I)cc1)c1cocn1. The molecule has 0 spiro atoms. The zero-order chi connectivity index (χ0) is 12.1. The molecule has 1 amide bonds. The van der Waals surface area contributed by atoms with E-state index in [-0.39, 0.29) is 5.69 Å². The summed E-state index contributed by atoms with van der Waals surface area (Å²) in [4.78, 5) is 15.1. The van der Waals surface area contributed by atoms with Gasteiger partial charge in [-0.05, 0) is 40.3 Å². The van der Waals surface area contributed by atoms with E-state index in [0.29, 0.717) is 0 Å². The Balaban J connectivity index is 1.94. The fourth-order valence-corrected chi connectivity index (χ4v) is 1.46. The molecule has 1 aromatic heterocycles. The number of halogens is 1.